The molecule has 0 spiro atoms. The van der Waals surface area contributed by atoms with E-state index in [1.807, 2.05) is 0 Å². The van der Waals surface area contributed by atoms with Crippen molar-refractivity contribution in [2.45, 2.75) is 96.5 Å². The molecule has 4 heteroatoms. The van der Waals surface area contributed by atoms with Crippen molar-refractivity contribution in [2.75, 3.05) is 0 Å². The molecule has 0 rings (SSSR count). The Morgan fingerprint density at radius 1 is 0.955 bits per heavy atom. The summed E-state index contributed by atoms with van der Waals surface area (Å²) in [5.41, 5.74) is 0. The Kier molecular flexibility index (Phi) is 22.6. The molecule has 3 nitrogen and oxygen atoms in total. The van der Waals surface area contributed by atoms with Crippen LogP contribution in [0.4, 0.5) is 0 Å². The number of unbranched alkanes of at least 4 members (excludes halogenated alkanes) is 7. The molecule has 0 saturated heterocycles. The van der Waals surface area contributed by atoms with Crippen molar-refractivity contribution in [3.05, 3.63) is 12.2 Å². The summed E-state index contributed by atoms with van der Waals surface area (Å²) in [6, 6.07) is 0. The van der Waals surface area contributed by atoms with Crippen LogP contribution in [0.25, 0.3) is 0 Å². The maximum absolute atomic E-state index is 10.2. The van der Waals surface area contributed by atoms with Gasteiger partial charge in [-0.05, 0) is 51.4 Å². The second-order valence-electron chi connectivity index (χ2n) is 5.88. The molecule has 1 unspecified atom stereocenters. The van der Waals surface area contributed by atoms with Crippen LogP contribution in [0.15, 0.2) is 12.2 Å². The molecule has 22 heavy (non-hydrogen) atoms. The fourth-order valence-electron chi connectivity index (χ4n) is 2.35. The van der Waals surface area contributed by atoms with Crippen LogP contribution in [0.5, 0.6) is 0 Å². The van der Waals surface area contributed by atoms with Gasteiger partial charge in [-0.2, -0.15) is 0 Å². The van der Waals surface area contributed by atoms with E-state index in [1.54, 1.807) is 0 Å². The molecule has 1 atom stereocenters. The number of aliphatic carboxylic acids is 1. The third kappa shape index (κ3) is 20.8. The number of carbonyl (C=O) groups is 1. The number of aliphatic hydroxyl groups is 1. The minimum atomic E-state index is -0.933. The van der Waals surface area contributed by atoms with Gasteiger partial charge in [0.1, 0.15) is 0 Å². The van der Waals surface area contributed by atoms with Crippen molar-refractivity contribution >= 4 is 5.97 Å². The fourth-order valence-corrected chi connectivity index (χ4v) is 2.35. The van der Waals surface area contributed by atoms with Gasteiger partial charge in [0.25, 0.3) is 0 Å². The third-order valence-electron chi connectivity index (χ3n) is 3.72. The van der Waals surface area contributed by atoms with E-state index >= 15 is 0 Å². The van der Waals surface area contributed by atoms with Gasteiger partial charge in [0.2, 0.25) is 0 Å². The topological polar surface area (TPSA) is 60.4 Å². The van der Waals surface area contributed by atoms with E-state index < -0.39 is 5.97 Å². The van der Waals surface area contributed by atoms with E-state index in [0.29, 0.717) is 0 Å². The molecule has 0 amide bonds. The van der Waals surface area contributed by atoms with Gasteiger partial charge in [0, 0.05) is 5.97 Å². The van der Waals surface area contributed by atoms with Crippen molar-refractivity contribution < 1.29 is 66.4 Å². The van der Waals surface area contributed by atoms with E-state index in [1.165, 1.54) is 12.8 Å². The van der Waals surface area contributed by atoms with E-state index in [9.17, 15) is 15.0 Å². The number of hydrogen-bond donors (Lipinski definition) is 1. The number of hydrogen-bond acceptors (Lipinski definition) is 3. The summed E-state index contributed by atoms with van der Waals surface area (Å²) < 4.78 is 0. The molecule has 0 aliphatic carbocycles. The first-order valence-corrected chi connectivity index (χ1v) is 8.69. The van der Waals surface area contributed by atoms with Gasteiger partial charge in [0.15, 0.2) is 0 Å². The second-order valence-corrected chi connectivity index (χ2v) is 5.88. The summed E-state index contributed by atoms with van der Waals surface area (Å²) >= 11 is 0. The average molecular weight is 337 g/mol. The number of allylic oxidation sites excluding steroid dienone is 2. The molecule has 0 radical (unpaired) electrons. The van der Waals surface area contributed by atoms with Crippen molar-refractivity contribution in [3.8, 4) is 0 Å². The molecule has 0 fully saturated rings. The summed E-state index contributed by atoms with van der Waals surface area (Å²) in [7, 11) is 0. The second kappa shape index (κ2) is 19.9. The van der Waals surface area contributed by atoms with Gasteiger partial charge in [-0.25, -0.2) is 0 Å². The number of aliphatic hydroxyl groups excluding tert-OH is 1. The Hall–Kier alpha value is 0.806. The van der Waals surface area contributed by atoms with Crippen LogP contribution in [-0.2, 0) is 4.79 Å². The van der Waals surface area contributed by atoms with E-state index in [2.05, 4.69) is 19.1 Å². The van der Waals surface area contributed by atoms with Gasteiger partial charge >= 0.3 is 51.4 Å². The van der Waals surface area contributed by atoms with Crippen molar-refractivity contribution in [3.63, 3.8) is 0 Å². The van der Waals surface area contributed by atoms with E-state index in [4.69, 9.17) is 0 Å². The molecule has 0 aromatic carbocycles. The Morgan fingerprint density at radius 2 is 1.50 bits per heavy atom. The van der Waals surface area contributed by atoms with Gasteiger partial charge in [0.05, 0.1) is 6.10 Å². The first-order valence-electron chi connectivity index (χ1n) is 8.69. The summed E-state index contributed by atoms with van der Waals surface area (Å²) in [4.78, 5) is 10.2. The quantitative estimate of drug-likeness (QED) is 0.273. The van der Waals surface area contributed by atoms with Crippen LogP contribution in [0, 0.1) is 0 Å². The average Bonchev–Trinajstić information content (AvgIpc) is 2.45. The molecule has 0 heterocycles. The predicted octanol–water partition coefficient (Wildman–Crippen LogP) is 0.749. The molecule has 0 saturated carbocycles. The normalized spacial score (nSPS) is 12.3. The van der Waals surface area contributed by atoms with Crippen molar-refractivity contribution in [2.24, 2.45) is 0 Å². The predicted molar refractivity (Wildman–Crippen MR) is 85.8 cm³/mol. The van der Waals surface area contributed by atoms with Gasteiger partial charge in [-0.3, -0.25) is 0 Å². The Balaban J connectivity index is 0. The minimum Gasteiger partial charge on any atom is -0.550 e. The van der Waals surface area contributed by atoms with Crippen LogP contribution in [0.1, 0.15) is 90.4 Å². The van der Waals surface area contributed by atoms with E-state index in [0.717, 1.165) is 64.2 Å². The summed E-state index contributed by atoms with van der Waals surface area (Å²) in [6.07, 6.45) is 17.2. The standard InChI is InChI=1S/C18H34O3.K/c1-2-3-14-17(19)15-12-10-8-6-4-5-7-9-11-13-16-18(20)21;/h6,8,17,19H,2-5,7,9-16H2,1H3,(H,20,21);/q;+1/p-1/b8-6-;. The molecule has 0 aromatic rings. The molecule has 1 N–H and O–H groups in total. The largest absolute Gasteiger partial charge is 1.00 e. The van der Waals surface area contributed by atoms with Crippen LogP contribution >= 0.6 is 0 Å². The Labute approximate surface area is 179 Å². The summed E-state index contributed by atoms with van der Waals surface area (Å²) in [6.45, 7) is 2.15. The minimum absolute atomic E-state index is 0. The third-order valence-corrected chi connectivity index (χ3v) is 3.72. The fraction of sp³-hybridized carbons (Fsp3) is 0.833. The van der Waals surface area contributed by atoms with E-state index in [-0.39, 0.29) is 63.9 Å². The molecule has 124 valence electrons. The molecule has 0 aliphatic heterocycles. The zero-order valence-corrected chi connectivity index (χ0v) is 17.8. The molecular weight excluding hydrogens is 303 g/mol. The zero-order valence-electron chi connectivity index (χ0n) is 14.7. The molecule has 0 aliphatic rings. The number of carbonyl (C=O) groups excluding carboxylic acids is 1. The van der Waals surface area contributed by atoms with Crippen molar-refractivity contribution in [1.29, 1.82) is 0 Å². The Morgan fingerprint density at radius 3 is 2.14 bits per heavy atom. The summed E-state index contributed by atoms with van der Waals surface area (Å²) in [5.74, 6) is -0.933. The number of carboxylic acids is 1. The van der Waals surface area contributed by atoms with Gasteiger partial charge < -0.3 is 15.0 Å². The smallest absolute Gasteiger partial charge is 0.550 e. The first-order chi connectivity index (χ1) is 10.2. The maximum atomic E-state index is 10.2. The number of rotatable bonds is 15. The van der Waals surface area contributed by atoms with Crippen molar-refractivity contribution in [1.82, 2.24) is 0 Å². The van der Waals surface area contributed by atoms with Crippen LogP contribution in [0.2, 0.25) is 0 Å². The monoisotopic (exact) mass is 336 g/mol. The van der Waals surface area contributed by atoms with Crippen LogP contribution in [-0.4, -0.2) is 17.2 Å². The maximum Gasteiger partial charge on any atom is 1.00 e. The first kappa shape index (κ1) is 25.1. The SMILES string of the molecule is CCCCC(O)CCC/C=C\CCCCCCCC(=O)[O-].[K+]. The Bertz CT molecular complexity index is 267. The molecular formula is C18H33KO3. The number of carboxylic acid groups (broad SMARTS) is 1. The zero-order chi connectivity index (χ0) is 15.8. The van der Waals surface area contributed by atoms with Crippen LogP contribution < -0.4 is 56.5 Å². The molecule has 0 bridgehead atoms. The summed E-state index contributed by atoms with van der Waals surface area (Å²) in [5, 5.41) is 19.9. The molecule has 0 aromatic heterocycles. The van der Waals surface area contributed by atoms with Gasteiger partial charge in [-0.1, -0.05) is 51.2 Å². The van der Waals surface area contributed by atoms with Gasteiger partial charge in [-0.15, -0.1) is 0 Å². The van der Waals surface area contributed by atoms with Crippen LogP contribution in [0.3, 0.4) is 0 Å².